The predicted molar refractivity (Wildman–Crippen MR) is 453 cm³/mol. The number of rotatable bonds is 27. The van der Waals surface area contributed by atoms with Gasteiger partial charge in [-0.2, -0.15) is 0 Å². The number of H-pyrrole nitrogens is 7. The molecule has 0 aliphatic heterocycles. The Morgan fingerprint density at radius 3 is 1.12 bits per heavy atom. The van der Waals surface area contributed by atoms with Crippen LogP contribution in [0.5, 0.6) is 0 Å². The smallest absolute Gasteiger partial charge is 0.330 e. The number of carbonyl (C=O) groups is 6. The Morgan fingerprint density at radius 2 is 0.748 bits per heavy atom. The maximum atomic E-state index is 11.5. The molecule has 0 aliphatic rings. The van der Waals surface area contributed by atoms with Gasteiger partial charge in [0.05, 0.1) is 23.5 Å². The maximum absolute atomic E-state index is 11.5. The van der Waals surface area contributed by atoms with Gasteiger partial charge in [-0.15, -0.1) is 0 Å². The molecular formula is C92H103BrN10O8. The van der Waals surface area contributed by atoms with Gasteiger partial charge in [-0.25, -0.2) is 4.79 Å². The Labute approximate surface area is 660 Å². The van der Waals surface area contributed by atoms with Gasteiger partial charge in [0.1, 0.15) is 0 Å². The molecule has 111 heavy (non-hydrogen) atoms. The van der Waals surface area contributed by atoms with Gasteiger partial charge >= 0.3 is 11.9 Å². The summed E-state index contributed by atoms with van der Waals surface area (Å²) in [7, 11) is 11.9. The molecule has 0 radical (unpaired) electrons. The zero-order valence-corrected chi connectivity index (χ0v) is 66.3. The van der Waals surface area contributed by atoms with Crippen LogP contribution in [0.25, 0.3) is 73.6 Å². The Morgan fingerprint density at radius 1 is 0.387 bits per heavy atom. The Balaban J connectivity index is 0.000000182. The highest BCUT2D eigenvalue weighted by Crippen LogP contribution is 2.26. The maximum Gasteiger partial charge on any atom is 0.330 e. The molecular weight excluding hydrogens is 1450 g/mol. The van der Waals surface area contributed by atoms with Gasteiger partial charge in [-0.3, -0.25) is 24.0 Å². The minimum absolute atomic E-state index is 0.139. The highest BCUT2D eigenvalue weighted by molar-refractivity contribution is 9.10. The molecule has 1 amide bonds. The summed E-state index contributed by atoms with van der Waals surface area (Å²) in [6, 6.07) is 74.9. The Bertz CT molecular complexity index is 4820. The van der Waals surface area contributed by atoms with E-state index >= 15 is 0 Å². The van der Waals surface area contributed by atoms with Crippen molar-refractivity contribution in [3.63, 3.8) is 0 Å². The van der Waals surface area contributed by atoms with Gasteiger partial charge in [-0.1, -0.05) is 182 Å². The van der Waals surface area contributed by atoms with E-state index in [1.54, 1.807) is 50.5 Å². The topological polar surface area (TPSA) is 241 Å². The molecule has 0 unspecified atom stereocenters. The minimum Gasteiger partial charge on any atom is -0.466 e. The van der Waals surface area contributed by atoms with E-state index in [1.165, 1.54) is 40.4 Å². The Hall–Kier alpha value is -12.2. The molecule has 0 atom stereocenters. The molecule has 13 aromatic rings. The van der Waals surface area contributed by atoms with Crippen molar-refractivity contribution in [1.82, 2.24) is 49.6 Å². The number of esters is 2. The zero-order chi connectivity index (χ0) is 79.4. The van der Waals surface area contributed by atoms with E-state index in [9.17, 15) is 28.8 Å². The molecule has 13 rings (SSSR count). The zero-order valence-electron chi connectivity index (χ0n) is 64.7. The fourth-order valence-electron chi connectivity index (χ4n) is 11.2. The summed E-state index contributed by atoms with van der Waals surface area (Å²) in [4.78, 5) is 93.5. The fourth-order valence-corrected chi connectivity index (χ4v) is 11.6. The average molecular weight is 1560 g/mol. The molecule has 7 aromatic heterocycles. The molecule has 0 fully saturated rings. The second-order valence-corrected chi connectivity index (χ2v) is 27.3. The van der Waals surface area contributed by atoms with Crippen LogP contribution >= 0.6 is 15.9 Å². The molecule has 19 heteroatoms. The number of aromatic nitrogens is 7. The molecule has 576 valence electrons. The van der Waals surface area contributed by atoms with Crippen LogP contribution in [-0.2, 0) is 49.5 Å². The van der Waals surface area contributed by atoms with Crippen LogP contribution in [0.4, 0.5) is 0 Å². The lowest BCUT2D eigenvalue weighted by molar-refractivity contribution is -0.143. The number of halogens is 1. The van der Waals surface area contributed by atoms with E-state index in [-0.39, 0.29) is 17.8 Å². The van der Waals surface area contributed by atoms with Crippen molar-refractivity contribution in [3.8, 4) is 67.5 Å². The standard InChI is InChI=1S/C16H20N2O.C15H18N2O.C15H20N2.C15H17NO2.C15H15NO2.C11H9NO.C5H4BrNO/c1-18(2)10-6-9-14-11-15(17-16(14)12-19)13-7-4-3-5-8-13;1-17(2)15(18)9-8-12-10-14(16-11-12)13-6-4-3-5-7-13;1-17(2)10-6-7-13-11-15(16-12-13)14-8-4-3-5-9-14;2*1-2-18-15(17)9-8-12-10-14(16-11-12)13-6-4-3-5-7-13;13-8-9-6-11(12-7-9)10-4-2-1-3-5-10;6-5-1-4(3-8)2-7-5/h3-5,7-8,11-12,17H,6,9-10H2,1-2H3;3-7,10-11,16H,8-9H2,1-2H3;3-5,8-9,11-12,16H,6-7,10H2,1-2H3;3-7,10-11,16H,2,8-9H2,1H3;3-11,16H,2H2,1H3;1-8,12H;1-3,7H/b;;;;9-8+;;. The first kappa shape index (κ1) is 86.1. The van der Waals surface area contributed by atoms with Crippen LogP contribution in [-0.4, -0.2) is 155 Å². The lowest BCUT2D eigenvalue weighted by Crippen LogP contribution is -2.21. The number of hydrogen-bond donors (Lipinski definition) is 7. The van der Waals surface area contributed by atoms with Crippen molar-refractivity contribution in [1.29, 1.82) is 0 Å². The highest BCUT2D eigenvalue weighted by Gasteiger charge is 2.12. The number of nitrogens with zero attached hydrogens (tertiary/aromatic N) is 3. The van der Waals surface area contributed by atoms with Crippen molar-refractivity contribution in [2.75, 3.05) is 68.6 Å². The first-order valence-corrected chi connectivity index (χ1v) is 37.9. The van der Waals surface area contributed by atoms with Gasteiger partial charge in [0.15, 0.2) is 18.9 Å². The molecule has 18 nitrogen and oxygen atoms in total. The third-order valence-electron chi connectivity index (χ3n) is 17.0. The number of aromatic amines is 7. The third-order valence-corrected chi connectivity index (χ3v) is 17.5. The van der Waals surface area contributed by atoms with Gasteiger partial charge in [0, 0.05) is 115 Å². The summed E-state index contributed by atoms with van der Waals surface area (Å²) in [5.74, 6) is -0.294. The largest absolute Gasteiger partial charge is 0.466 e. The van der Waals surface area contributed by atoms with Crippen LogP contribution in [0, 0.1) is 0 Å². The van der Waals surface area contributed by atoms with Crippen molar-refractivity contribution < 1.29 is 38.2 Å². The van der Waals surface area contributed by atoms with Gasteiger partial charge in [0.25, 0.3) is 0 Å². The molecule has 7 N–H and O–H groups in total. The average Bonchev–Trinajstić information content (AvgIpc) is 1.70. The molecule has 7 heterocycles. The molecule has 0 saturated heterocycles. The predicted octanol–water partition coefficient (Wildman–Crippen LogP) is 19.4. The number of ether oxygens (including phenoxy) is 2. The molecule has 0 aliphatic carbocycles. The van der Waals surface area contributed by atoms with Crippen LogP contribution in [0.3, 0.4) is 0 Å². The molecule has 0 spiro atoms. The van der Waals surface area contributed by atoms with Crippen molar-refractivity contribution in [2.45, 2.75) is 65.2 Å². The number of amides is 1. The van der Waals surface area contributed by atoms with Crippen LogP contribution in [0.15, 0.2) is 272 Å². The summed E-state index contributed by atoms with van der Waals surface area (Å²) in [6.07, 6.45) is 23.8. The summed E-state index contributed by atoms with van der Waals surface area (Å²) >= 11 is 3.16. The fraction of sp³-hybridized carbons (Fsp3) is 0.217. The van der Waals surface area contributed by atoms with E-state index in [4.69, 9.17) is 9.47 Å². The number of nitrogens with one attached hydrogen (secondary N) is 7. The van der Waals surface area contributed by atoms with E-state index in [1.807, 2.05) is 171 Å². The normalized spacial score (nSPS) is 10.4. The van der Waals surface area contributed by atoms with Crippen molar-refractivity contribution >= 4 is 58.7 Å². The monoisotopic (exact) mass is 1550 g/mol. The first-order chi connectivity index (χ1) is 53.9. The number of hydrogen-bond acceptors (Lipinski definition) is 10. The third kappa shape index (κ3) is 31.5. The van der Waals surface area contributed by atoms with Crippen LogP contribution in [0.2, 0.25) is 0 Å². The Kier molecular flexibility index (Phi) is 37.5. The molecule has 0 bridgehead atoms. The van der Waals surface area contributed by atoms with Crippen molar-refractivity contribution in [2.24, 2.45) is 0 Å². The lowest BCUT2D eigenvalue weighted by atomic mass is 10.1. The van der Waals surface area contributed by atoms with Gasteiger partial charge < -0.3 is 59.1 Å². The summed E-state index contributed by atoms with van der Waals surface area (Å²) in [6.45, 7) is 6.63. The highest BCUT2D eigenvalue weighted by atomic mass is 79.9. The van der Waals surface area contributed by atoms with Crippen molar-refractivity contribution in [3.05, 3.63) is 317 Å². The summed E-state index contributed by atoms with van der Waals surface area (Å²) in [5, 5.41) is 0. The van der Waals surface area contributed by atoms with E-state index in [0.29, 0.717) is 49.3 Å². The van der Waals surface area contributed by atoms with Crippen LogP contribution < -0.4 is 0 Å². The first-order valence-electron chi connectivity index (χ1n) is 37.1. The number of carbonyl (C=O) groups excluding carboxylic acids is 6. The lowest BCUT2D eigenvalue weighted by Gasteiger charge is -2.08. The second kappa shape index (κ2) is 48.3. The summed E-state index contributed by atoms with van der Waals surface area (Å²) < 4.78 is 10.6. The second-order valence-electron chi connectivity index (χ2n) is 26.4. The van der Waals surface area contributed by atoms with E-state index in [2.05, 4.69) is 168 Å². The SMILES string of the molecule is CCOC(=O)/C=C/c1c[nH]c(-c2ccccc2)c1.CCOC(=O)CCc1c[nH]c(-c2ccccc2)c1.CN(C)C(=O)CCc1c[nH]c(-c2ccccc2)c1.CN(C)CCCc1c[nH]c(-c2ccccc2)c1.CN(C)CCCc1cc(-c2ccccc2)[nH]c1C=O.O=Cc1c[nH]c(-c2ccccc2)c1.O=Cc1c[nH]c(Br)c1. The van der Waals surface area contributed by atoms with Gasteiger partial charge in [-0.05, 0) is 219 Å². The molecule has 6 aromatic carbocycles. The number of aldehydes is 3. The summed E-state index contributed by atoms with van der Waals surface area (Å²) in [5.41, 5.74) is 21.1. The number of aryl methyl sites for hydroxylation is 4. The van der Waals surface area contributed by atoms with E-state index in [0.717, 1.165) is 130 Å². The van der Waals surface area contributed by atoms with Crippen LogP contribution in [0.1, 0.15) is 98.6 Å². The number of benzene rings is 6. The van der Waals surface area contributed by atoms with Gasteiger partial charge in [0.2, 0.25) is 5.91 Å². The molecule has 0 saturated carbocycles. The minimum atomic E-state index is -0.319. The quantitative estimate of drug-likeness (QED) is 0.0146. The van der Waals surface area contributed by atoms with E-state index < -0.39 is 0 Å².